The van der Waals surface area contributed by atoms with Gasteiger partial charge in [0, 0.05) is 12.8 Å². The highest BCUT2D eigenvalue weighted by atomic mass is 16.6. The van der Waals surface area contributed by atoms with E-state index in [1.165, 1.54) is 32.1 Å². The number of aliphatic hydroxyl groups excluding tert-OH is 2. The largest absolute Gasteiger partial charge is 0.462 e. The van der Waals surface area contributed by atoms with Gasteiger partial charge in [0.05, 0.1) is 12.7 Å². The minimum atomic E-state index is -0.791. The molecule has 0 amide bonds. The van der Waals surface area contributed by atoms with E-state index in [2.05, 4.69) is 32.9 Å². The van der Waals surface area contributed by atoms with E-state index < -0.39 is 12.2 Å². The molecule has 2 N–H and O–H groups in total. The molecule has 0 aromatic rings. The molecular formula is C34H60O6. The average molecular weight is 565 g/mol. The Kier molecular flexibility index (Phi) is 27.2. The number of carbonyl (C=O) groups is 2. The lowest BCUT2D eigenvalue weighted by atomic mass is 10.00. The zero-order valence-electron chi connectivity index (χ0n) is 25.9. The van der Waals surface area contributed by atoms with Crippen LogP contribution >= 0.6 is 0 Å². The van der Waals surface area contributed by atoms with Crippen molar-refractivity contribution < 1.29 is 29.3 Å². The third-order valence-electron chi connectivity index (χ3n) is 7.07. The van der Waals surface area contributed by atoms with Crippen molar-refractivity contribution in [3.8, 4) is 0 Å². The summed E-state index contributed by atoms with van der Waals surface area (Å²) in [6.07, 6.45) is 28.2. The summed E-state index contributed by atoms with van der Waals surface area (Å²) in [5.41, 5.74) is 0. The summed E-state index contributed by atoms with van der Waals surface area (Å²) in [4.78, 5) is 24.0. The second kappa shape index (κ2) is 28.6. The first-order valence-corrected chi connectivity index (χ1v) is 16.0. The Labute approximate surface area is 245 Å². The lowest BCUT2D eigenvalue weighted by Gasteiger charge is -2.15. The van der Waals surface area contributed by atoms with Gasteiger partial charge in [0.2, 0.25) is 0 Å². The lowest BCUT2D eigenvalue weighted by molar-refractivity contribution is -0.161. The van der Waals surface area contributed by atoms with Crippen LogP contribution in [0.3, 0.4) is 0 Å². The molecule has 0 bridgehead atoms. The van der Waals surface area contributed by atoms with Crippen LogP contribution in [0.25, 0.3) is 0 Å². The first-order valence-electron chi connectivity index (χ1n) is 16.0. The molecule has 0 rings (SSSR count). The number of hydrogen-bond acceptors (Lipinski definition) is 6. The third kappa shape index (κ3) is 26.3. The molecular weight excluding hydrogens is 504 g/mol. The summed E-state index contributed by atoms with van der Waals surface area (Å²) in [7, 11) is 0. The second-order valence-electron chi connectivity index (χ2n) is 11.0. The highest BCUT2D eigenvalue weighted by molar-refractivity contribution is 5.70. The van der Waals surface area contributed by atoms with E-state index in [9.17, 15) is 19.8 Å². The summed E-state index contributed by atoms with van der Waals surface area (Å²) in [6, 6.07) is 0. The maximum atomic E-state index is 12.0. The molecule has 0 fully saturated rings. The SMILES string of the molecule is CC/C=C/CC(O)/C=C/C=C/CCCCCCCC(=O)OC[C@H](CO)OC(=O)CCCCCCCCC(C)CC. The zero-order chi connectivity index (χ0) is 29.7. The predicted molar refractivity (Wildman–Crippen MR) is 165 cm³/mol. The van der Waals surface area contributed by atoms with E-state index in [1.807, 2.05) is 18.2 Å². The fraction of sp³-hybridized carbons (Fsp3) is 0.765. The molecule has 232 valence electrons. The molecule has 6 nitrogen and oxygen atoms in total. The molecule has 0 radical (unpaired) electrons. The van der Waals surface area contributed by atoms with Gasteiger partial charge in [-0.05, 0) is 44.4 Å². The van der Waals surface area contributed by atoms with Gasteiger partial charge in [-0.2, -0.15) is 0 Å². The molecule has 40 heavy (non-hydrogen) atoms. The smallest absolute Gasteiger partial charge is 0.306 e. The fourth-order valence-corrected chi connectivity index (χ4v) is 4.21. The topological polar surface area (TPSA) is 93.1 Å². The predicted octanol–water partition coefficient (Wildman–Crippen LogP) is 8.16. The molecule has 0 saturated carbocycles. The van der Waals surface area contributed by atoms with E-state index in [0.29, 0.717) is 19.3 Å². The maximum Gasteiger partial charge on any atom is 0.306 e. The van der Waals surface area contributed by atoms with Crippen LogP contribution in [0.4, 0.5) is 0 Å². The number of allylic oxidation sites excluding steroid dienone is 4. The highest BCUT2D eigenvalue weighted by Gasteiger charge is 2.16. The van der Waals surface area contributed by atoms with Gasteiger partial charge in [-0.1, -0.05) is 121 Å². The van der Waals surface area contributed by atoms with Crippen LogP contribution in [0.2, 0.25) is 0 Å². The van der Waals surface area contributed by atoms with E-state index in [-0.39, 0.29) is 25.2 Å². The van der Waals surface area contributed by atoms with Crippen LogP contribution in [0.1, 0.15) is 136 Å². The Balaban J connectivity index is 3.71. The van der Waals surface area contributed by atoms with Gasteiger partial charge in [0.15, 0.2) is 6.10 Å². The van der Waals surface area contributed by atoms with Crippen molar-refractivity contribution in [2.24, 2.45) is 5.92 Å². The Bertz CT molecular complexity index is 684. The summed E-state index contributed by atoms with van der Waals surface area (Å²) < 4.78 is 10.5. The minimum absolute atomic E-state index is 0.0928. The second-order valence-corrected chi connectivity index (χ2v) is 11.0. The van der Waals surface area contributed by atoms with Gasteiger partial charge < -0.3 is 19.7 Å². The molecule has 0 heterocycles. The average Bonchev–Trinajstić information content (AvgIpc) is 2.95. The Hall–Kier alpha value is -1.92. The number of hydrogen-bond donors (Lipinski definition) is 2. The first kappa shape index (κ1) is 38.1. The van der Waals surface area contributed by atoms with Crippen molar-refractivity contribution >= 4 is 11.9 Å². The van der Waals surface area contributed by atoms with E-state index in [1.54, 1.807) is 6.08 Å². The van der Waals surface area contributed by atoms with E-state index in [0.717, 1.165) is 70.1 Å². The number of esters is 2. The Morgan fingerprint density at radius 1 is 0.775 bits per heavy atom. The summed E-state index contributed by atoms with van der Waals surface area (Å²) in [5.74, 6) is 0.163. The van der Waals surface area contributed by atoms with Gasteiger partial charge in [0.1, 0.15) is 6.61 Å². The molecule has 0 saturated heterocycles. The van der Waals surface area contributed by atoms with Crippen molar-refractivity contribution in [2.75, 3.05) is 13.2 Å². The van der Waals surface area contributed by atoms with Crippen LogP contribution in [0, 0.1) is 5.92 Å². The maximum absolute atomic E-state index is 12.0. The van der Waals surface area contributed by atoms with Gasteiger partial charge >= 0.3 is 11.9 Å². The molecule has 0 spiro atoms. The molecule has 0 aliphatic rings. The van der Waals surface area contributed by atoms with Crippen molar-refractivity contribution in [3.05, 3.63) is 36.5 Å². The molecule has 3 atom stereocenters. The molecule has 0 aliphatic carbocycles. The number of ether oxygens (including phenoxy) is 2. The molecule has 0 aromatic heterocycles. The molecule has 2 unspecified atom stereocenters. The number of unbranched alkanes of at least 4 members (excludes halogenated alkanes) is 10. The van der Waals surface area contributed by atoms with Crippen molar-refractivity contribution in [2.45, 2.75) is 149 Å². The number of carbonyl (C=O) groups excluding carboxylic acids is 2. The van der Waals surface area contributed by atoms with Gasteiger partial charge in [-0.3, -0.25) is 9.59 Å². The highest BCUT2D eigenvalue weighted by Crippen LogP contribution is 2.15. The molecule has 0 aliphatic heterocycles. The zero-order valence-corrected chi connectivity index (χ0v) is 25.9. The van der Waals surface area contributed by atoms with Crippen LogP contribution in [0.15, 0.2) is 36.5 Å². The van der Waals surface area contributed by atoms with Crippen LogP contribution in [-0.2, 0) is 19.1 Å². The standard InChI is InChI=1S/C34H60O6/c1-4-6-18-24-31(36)25-20-15-10-8-7-9-11-16-21-26-33(37)39-29-32(28-35)40-34(38)27-22-17-13-12-14-19-23-30(3)5-2/h6,10,15,18,20,25,30-32,35-36H,4-5,7-9,11-14,16-17,19,21-24,26-29H2,1-3H3/b15-10+,18-6+,25-20+/t30?,31?,32-/m0/s1. The lowest BCUT2D eigenvalue weighted by Crippen LogP contribution is -2.28. The molecule has 6 heteroatoms. The first-order chi connectivity index (χ1) is 19.4. The third-order valence-corrected chi connectivity index (χ3v) is 7.07. The summed E-state index contributed by atoms with van der Waals surface area (Å²) >= 11 is 0. The quantitative estimate of drug-likeness (QED) is 0.0452. The van der Waals surface area contributed by atoms with Gasteiger partial charge in [-0.25, -0.2) is 0 Å². The van der Waals surface area contributed by atoms with Crippen molar-refractivity contribution in [3.63, 3.8) is 0 Å². The number of rotatable bonds is 27. The number of aliphatic hydroxyl groups is 2. The van der Waals surface area contributed by atoms with Crippen LogP contribution in [-0.4, -0.2) is 47.6 Å². The van der Waals surface area contributed by atoms with Crippen LogP contribution < -0.4 is 0 Å². The Morgan fingerprint density at radius 2 is 1.40 bits per heavy atom. The van der Waals surface area contributed by atoms with E-state index in [4.69, 9.17) is 9.47 Å². The fourth-order valence-electron chi connectivity index (χ4n) is 4.21. The molecule has 0 aromatic carbocycles. The van der Waals surface area contributed by atoms with Gasteiger partial charge in [-0.15, -0.1) is 0 Å². The minimum Gasteiger partial charge on any atom is -0.462 e. The van der Waals surface area contributed by atoms with Gasteiger partial charge in [0.25, 0.3) is 0 Å². The Morgan fingerprint density at radius 3 is 2.05 bits per heavy atom. The summed E-state index contributed by atoms with van der Waals surface area (Å²) in [6.45, 7) is 6.18. The monoisotopic (exact) mass is 564 g/mol. The van der Waals surface area contributed by atoms with Crippen molar-refractivity contribution in [1.29, 1.82) is 0 Å². The van der Waals surface area contributed by atoms with Crippen molar-refractivity contribution in [1.82, 2.24) is 0 Å². The summed E-state index contributed by atoms with van der Waals surface area (Å²) in [5, 5.41) is 19.3. The normalized spacial score (nSPS) is 14.2. The van der Waals surface area contributed by atoms with E-state index >= 15 is 0 Å². The van der Waals surface area contributed by atoms with Crippen LogP contribution in [0.5, 0.6) is 0 Å².